The number of amides is 1. The first-order chi connectivity index (χ1) is 8.56. The van der Waals surface area contributed by atoms with Crippen LogP contribution in [0, 0.1) is 17.4 Å². The van der Waals surface area contributed by atoms with Crippen molar-refractivity contribution in [1.82, 2.24) is 9.97 Å². The maximum absolute atomic E-state index is 11.9. The maximum Gasteiger partial charge on any atom is 0.275 e. The van der Waals surface area contributed by atoms with Crippen molar-refractivity contribution >= 4 is 34.2 Å². The summed E-state index contributed by atoms with van der Waals surface area (Å²) in [4.78, 5) is 20.0. The summed E-state index contributed by atoms with van der Waals surface area (Å²) in [6.07, 6.45) is 3.06. The molecule has 0 unspecified atom stereocenters. The molecule has 0 spiro atoms. The summed E-state index contributed by atoms with van der Waals surface area (Å²) in [7, 11) is 0. The Balaban J connectivity index is 2.18. The lowest BCUT2D eigenvalue weighted by Gasteiger charge is -2.08. The first-order valence-electron chi connectivity index (χ1n) is 5.42. The van der Waals surface area contributed by atoms with Crippen LogP contribution < -0.4 is 5.32 Å². The number of carbonyl (C=O) groups is 1. The van der Waals surface area contributed by atoms with Gasteiger partial charge in [-0.2, -0.15) is 0 Å². The molecule has 0 saturated carbocycles. The van der Waals surface area contributed by atoms with E-state index in [9.17, 15) is 4.79 Å². The number of hydrogen-bond acceptors (Lipinski definition) is 3. The van der Waals surface area contributed by atoms with Gasteiger partial charge in [0.1, 0.15) is 5.69 Å². The minimum absolute atomic E-state index is 0.244. The lowest BCUT2D eigenvalue weighted by molar-refractivity contribution is 0.102. The van der Waals surface area contributed by atoms with Crippen LogP contribution >= 0.6 is 22.6 Å². The van der Waals surface area contributed by atoms with Crippen LogP contribution in [-0.2, 0) is 0 Å². The Labute approximate surface area is 119 Å². The molecule has 1 amide bonds. The van der Waals surface area contributed by atoms with Gasteiger partial charge in [0, 0.05) is 15.5 Å². The van der Waals surface area contributed by atoms with Crippen LogP contribution in [0.5, 0.6) is 0 Å². The molecule has 0 radical (unpaired) electrons. The largest absolute Gasteiger partial charge is 0.320 e. The molecule has 0 atom stereocenters. The molecule has 1 N–H and O–H groups in total. The lowest BCUT2D eigenvalue weighted by Crippen LogP contribution is -2.14. The highest BCUT2D eigenvalue weighted by Gasteiger charge is 2.09. The van der Waals surface area contributed by atoms with E-state index in [1.807, 2.05) is 32.0 Å². The Morgan fingerprint density at radius 3 is 2.61 bits per heavy atom. The number of anilines is 1. The van der Waals surface area contributed by atoms with Crippen LogP contribution in [0.15, 0.2) is 30.6 Å². The Kier molecular flexibility index (Phi) is 3.90. The molecule has 0 fully saturated rings. The molecule has 4 nitrogen and oxygen atoms in total. The van der Waals surface area contributed by atoms with Gasteiger partial charge < -0.3 is 5.32 Å². The zero-order valence-electron chi connectivity index (χ0n) is 10.1. The number of rotatable bonds is 2. The van der Waals surface area contributed by atoms with E-state index in [0.717, 1.165) is 20.5 Å². The van der Waals surface area contributed by atoms with Gasteiger partial charge >= 0.3 is 0 Å². The maximum atomic E-state index is 11.9. The molecule has 1 aromatic carbocycles. The minimum Gasteiger partial charge on any atom is -0.320 e. The second-order valence-electron chi connectivity index (χ2n) is 3.96. The smallest absolute Gasteiger partial charge is 0.275 e. The average molecular weight is 353 g/mol. The summed E-state index contributed by atoms with van der Waals surface area (Å²) >= 11 is 2.24. The van der Waals surface area contributed by atoms with Gasteiger partial charge in [0.25, 0.3) is 5.91 Å². The quantitative estimate of drug-likeness (QED) is 0.845. The Morgan fingerprint density at radius 2 is 2.00 bits per heavy atom. The highest BCUT2D eigenvalue weighted by molar-refractivity contribution is 14.1. The van der Waals surface area contributed by atoms with Gasteiger partial charge in [-0.25, -0.2) is 4.98 Å². The van der Waals surface area contributed by atoms with E-state index in [0.29, 0.717) is 5.69 Å². The second-order valence-corrected chi connectivity index (χ2v) is 5.20. The molecule has 0 aliphatic carbocycles. The number of hydrogen-bond donors (Lipinski definition) is 1. The third-order valence-corrected chi connectivity index (χ3v) is 3.12. The van der Waals surface area contributed by atoms with E-state index in [1.54, 1.807) is 6.20 Å². The van der Waals surface area contributed by atoms with Crippen LogP contribution in [-0.4, -0.2) is 15.9 Å². The van der Waals surface area contributed by atoms with Crippen LogP contribution in [0.25, 0.3) is 0 Å². The summed E-state index contributed by atoms with van der Waals surface area (Å²) in [6, 6.07) is 5.84. The third-order valence-electron chi connectivity index (χ3n) is 2.45. The zero-order valence-corrected chi connectivity index (χ0v) is 12.2. The Morgan fingerprint density at radius 1 is 1.22 bits per heavy atom. The fraction of sp³-hybridized carbons (Fsp3) is 0.154. The zero-order chi connectivity index (χ0) is 13.1. The number of nitrogens with one attached hydrogen (secondary N) is 1. The number of benzene rings is 1. The number of carbonyl (C=O) groups excluding carboxylic acids is 1. The molecule has 18 heavy (non-hydrogen) atoms. The first kappa shape index (κ1) is 12.9. The van der Waals surface area contributed by atoms with Gasteiger partial charge in [-0.3, -0.25) is 9.78 Å². The SMILES string of the molecule is Cc1cnc(C(=O)Nc2ccc(I)cc2C)cn1. The molecule has 2 rings (SSSR count). The predicted molar refractivity (Wildman–Crippen MR) is 78.6 cm³/mol. The summed E-state index contributed by atoms with van der Waals surface area (Å²) in [5, 5.41) is 2.83. The predicted octanol–water partition coefficient (Wildman–Crippen LogP) is 2.95. The Bertz CT molecular complexity index is 581. The van der Waals surface area contributed by atoms with Gasteiger partial charge in [0.05, 0.1) is 11.9 Å². The highest BCUT2D eigenvalue weighted by atomic mass is 127. The highest BCUT2D eigenvalue weighted by Crippen LogP contribution is 2.18. The molecule has 5 heteroatoms. The van der Waals surface area contributed by atoms with Crippen LogP contribution in [0.4, 0.5) is 5.69 Å². The standard InChI is InChI=1S/C13H12IN3O/c1-8-5-10(14)3-4-11(8)17-13(18)12-7-15-9(2)6-16-12/h3-7H,1-2H3,(H,17,18). The van der Waals surface area contributed by atoms with E-state index >= 15 is 0 Å². The Hall–Kier alpha value is -1.50. The molecular weight excluding hydrogens is 341 g/mol. The topological polar surface area (TPSA) is 54.9 Å². The van der Waals surface area contributed by atoms with Gasteiger partial charge in [0.15, 0.2) is 0 Å². The molecule has 0 bridgehead atoms. The van der Waals surface area contributed by atoms with E-state index in [1.165, 1.54) is 6.20 Å². The average Bonchev–Trinajstić information content (AvgIpc) is 2.33. The van der Waals surface area contributed by atoms with Crippen molar-refractivity contribution in [1.29, 1.82) is 0 Å². The van der Waals surface area contributed by atoms with Gasteiger partial charge in [-0.1, -0.05) is 0 Å². The number of nitrogens with zero attached hydrogens (tertiary/aromatic N) is 2. The molecule has 1 heterocycles. The molecule has 92 valence electrons. The van der Waals surface area contributed by atoms with Gasteiger partial charge in [0.2, 0.25) is 0 Å². The molecule has 0 aliphatic rings. The van der Waals surface area contributed by atoms with Crippen LogP contribution in [0.3, 0.4) is 0 Å². The number of aromatic nitrogens is 2. The van der Waals surface area contributed by atoms with Crippen molar-refractivity contribution in [3.8, 4) is 0 Å². The molecular formula is C13H12IN3O. The number of aryl methyl sites for hydroxylation is 2. The van der Waals surface area contributed by atoms with E-state index in [-0.39, 0.29) is 5.91 Å². The van der Waals surface area contributed by atoms with E-state index in [2.05, 4.69) is 37.9 Å². The lowest BCUT2D eigenvalue weighted by atomic mass is 10.2. The van der Waals surface area contributed by atoms with Crippen LogP contribution in [0.1, 0.15) is 21.7 Å². The van der Waals surface area contributed by atoms with Crippen molar-refractivity contribution in [2.24, 2.45) is 0 Å². The summed E-state index contributed by atoms with van der Waals surface area (Å²) in [5.74, 6) is -0.244. The molecule has 0 aliphatic heterocycles. The van der Waals surface area contributed by atoms with Gasteiger partial charge in [-0.15, -0.1) is 0 Å². The summed E-state index contributed by atoms with van der Waals surface area (Å²) in [6.45, 7) is 3.79. The summed E-state index contributed by atoms with van der Waals surface area (Å²) in [5.41, 5.74) is 2.92. The van der Waals surface area contributed by atoms with Crippen molar-refractivity contribution < 1.29 is 4.79 Å². The first-order valence-corrected chi connectivity index (χ1v) is 6.50. The van der Waals surface area contributed by atoms with Crippen molar-refractivity contribution in [3.63, 3.8) is 0 Å². The molecule has 1 aromatic heterocycles. The van der Waals surface area contributed by atoms with Gasteiger partial charge in [-0.05, 0) is 60.2 Å². The third kappa shape index (κ3) is 3.04. The summed E-state index contributed by atoms with van der Waals surface area (Å²) < 4.78 is 1.14. The molecule has 2 aromatic rings. The second kappa shape index (κ2) is 5.43. The van der Waals surface area contributed by atoms with E-state index in [4.69, 9.17) is 0 Å². The fourth-order valence-electron chi connectivity index (χ4n) is 1.46. The van der Waals surface area contributed by atoms with Crippen molar-refractivity contribution in [3.05, 3.63) is 51.1 Å². The minimum atomic E-state index is -0.244. The van der Waals surface area contributed by atoms with Crippen molar-refractivity contribution in [2.45, 2.75) is 13.8 Å². The van der Waals surface area contributed by atoms with E-state index < -0.39 is 0 Å². The van der Waals surface area contributed by atoms with Crippen LogP contribution in [0.2, 0.25) is 0 Å². The molecule has 0 saturated heterocycles. The van der Waals surface area contributed by atoms with Crippen molar-refractivity contribution in [2.75, 3.05) is 5.32 Å². The normalized spacial score (nSPS) is 10.2. The fourth-order valence-corrected chi connectivity index (χ4v) is 2.11. The number of halogens is 1. The monoisotopic (exact) mass is 353 g/mol.